The van der Waals surface area contributed by atoms with Crippen molar-refractivity contribution in [2.24, 2.45) is 0 Å². The van der Waals surface area contributed by atoms with Crippen molar-refractivity contribution < 1.29 is 0 Å². The monoisotopic (exact) mass is 210 g/mol. The van der Waals surface area contributed by atoms with Gasteiger partial charge in [-0.3, -0.25) is 0 Å². The summed E-state index contributed by atoms with van der Waals surface area (Å²) in [5.74, 6) is 0. The van der Waals surface area contributed by atoms with Crippen molar-refractivity contribution >= 4 is 5.57 Å². The summed E-state index contributed by atoms with van der Waals surface area (Å²) >= 11 is 0. The Labute approximate surface area is 98.0 Å². The van der Waals surface area contributed by atoms with Gasteiger partial charge in [-0.2, -0.15) is 0 Å². The average molecular weight is 210 g/mol. The molecule has 0 spiro atoms. The Balaban J connectivity index is 2.44. The van der Waals surface area contributed by atoms with Crippen molar-refractivity contribution in [1.82, 2.24) is 0 Å². The lowest BCUT2D eigenvalue weighted by molar-refractivity contribution is 0.838. The van der Waals surface area contributed by atoms with Crippen LogP contribution in [-0.2, 0) is 12.8 Å². The molecule has 0 bridgehead atoms. The second kappa shape index (κ2) is 4.52. The van der Waals surface area contributed by atoms with E-state index in [9.17, 15) is 0 Å². The number of allylic oxidation sites excluding steroid dienone is 5. The van der Waals surface area contributed by atoms with Crippen LogP contribution >= 0.6 is 0 Å². The van der Waals surface area contributed by atoms with E-state index in [0.29, 0.717) is 0 Å². The first-order valence-corrected chi connectivity index (χ1v) is 5.84. The number of benzene rings is 1. The maximum atomic E-state index is 3.92. The van der Waals surface area contributed by atoms with E-state index in [2.05, 4.69) is 43.9 Å². The van der Waals surface area contributed by atoms with E-state index in [1.165, 1.54) is 40.7 Å². The zero-order chi connectivity index (χ0) is 11.5. The molecule has 0 saturated heterocycles. The highest BCUT2D eigenvalue weighted by Crippen LogP contribution is 2.28. The van der Waals surface area contributed by atoms with Crippen molar-refractivity contribution in [3.05, 3.63) is 65.3 Å². The summed E-state index contributed by atoms with van der Waals surface area (Å²) in [5.41, 5.74) is 6.83. The molecule has 0 fully saturated rings. The van der Waals surface area contributed by atoms with Crippen molar-refractivity contribution in [1.29, 1.82) is 0 Å². The van der Waals surface area contributed by atoms with Crippen molar-refractivity contribution in [3.8, 4) is 0 Å². The van der Waals surface area contributed by atoms with Crippen LogP contribution in [0.25, 0.3) is 5.57 Å². The van der Waals surface area contributed by atoms with E-state index in [1.807, 2.05) is 13.0 Å². The smallest absolute Gasteiger partial charge is 0.0161 e. The lowest BCUT2D eigenvalue weighted by Gasteiger charge is -2.20. The Kier molecular flexibility index (Phi) is 3.09. The van der Waals surface area contributed by atoms with E-state index in [4.69, 9.17) is 0 Å². The molecule has 0 aromatic heterocycles. The second-order valence-electron chi connectivity index (χ2n) is 4.28. The molecule has 0 amide bonds. The van der Waals surface area contributed by atoms with E-state index < -0.39 is 0 Å². The SMILES string of the molecule is C=C/C(=C(C)\C=C/C)c1ccc2c(c1)CC2. The van der Waals surface area contributed by atoms with Crippen molar-refractivity contribution in [3.63, 3.8) is 0 Å². The first-order valence-electron chi connectivity index (χ1n) is 5.84. The Bertz CT molecular complexity index is 473. The summed E-state index contributed by atoms with van der Waals surface area (Å²) < 4.78 is 0. The standard InChI is InChI=1S/C16H18/c1-4-6-12(3)16(5-2)15-10-8-13-7-9-14(13)11-15/h4-6,8,10-11H,2,7,9H2,1,3H3/b6-4-,16-12+. The number of rotatable bonds is 3. The summed E-state index contributed by atoms with van der Waals surface area (Å²) in [7, 11) is 0. The van der Waals surface area contributed by atoms with Gasteiger partial charge < -0.3 is 0 Å². The van der Waals surface area contributed by atoms with Crippen LogP contribution in [-0.4, -0.2) is 0 Å². The quantitative estimate of drug-likeness (QED) is 0.652. The maximum Gasteiger partial charge on any atom is -0.0161 e. The third kappa shape index (κ3) is 1.88. The predicted octanol–water partition coefficient (Wildman–Crippen LogP) is 4.32. The molecule has 0 nitrogen and oxygen atoms in total. The number of hydrogen-bond donors (Lipinski definition) is 0. The van der Waals surface area contributed by atoms with Gasteiger partial charge in [0.15, 0.2) is 0 Å². The molecule has 2 rings (SSSR count). The molecular formula is C16H18. The molecule has 0 heterocycles. The highest BCUT2D eigenvalue weighted by atomic mass is 14.2. The zero-order valence-electron chi connectivity index (χ0n) is 10.1. The van der Waals surface area contributed by atoms with Gasteiger partial charge in [-0.25, -0.2) is 0 Å². The molecule has 1 aliphatic carbocycles. The predicted molar refractivity (Wildman–Crippen MR) is 71.5 cm³/mol. The Morgan fingerprint density at radius 1 is 1.25 bits per heavy atom. The third-order valence-electron chi connectivity index (χ3n) is 3.23. The highest BCUT2D eigenvalue weighted by Gasteiger charge is 2.13. The molecule has 0 radical (unpaired) electrons. The molecule has 16 heavy (non-hydrogen) atoms. The van der Waals surface area contributed by atoms with Gasteiger partial charge in [0.2, 0.25) is 0 Å². The largest absolute Gasteiger partial charge is 0.0984 e. The summed E-state index contributed by atoms with van der Waals surface area (Å²) in [6.07, 6.45) is 8.64. The molecule has 0 atom stereocenters. The molecule has 1 aromatic carbocycles. The number of aryl methyl sites for hydroxylation is 2. The fourth-order valence-electron chi connectivity index (χ4n) is 2.21. The van der Waals surface area contributed by atoms with Crippen LogP contribution in [0.15, 0.2) is 48.6 Å². The molecular weight excluding hydrogens is 192 g/mol. The summed E-state index contributed by atoms with van der Waals surface area (Å²) in [4.78, 5) is 0. The fourth-order valence-corrected chi connectivity index (χ4v) is 2.21. The number of hydrogen-bond acceptors (Lipinski definition) is 0. The molecule has 0 unspecified atom stereocenters. The lowest BCUT2D eigenvalue weighted by Crippen LogP contribution is -2.08. The normalized spacial score (nSPS) is 15.4. The minimum Gasteiger partial charge on any atom is -0.0984 e. The average Bonchev–Trinajstić information content (AvgIpc) is 2.23. The van der Waals surface area contributed by atoms with Crippen molar-refractivity contribution in [2.75, 3.05) is 0 Å². The van der Waals surface area contributed by atoms with Gasteiger partial charge in [-0.05, 0) is 54.5 Å². The molecule has 0 aliphatic heterocycles. The Morgan fingerprint density at radius 2 is 2.00 bits per heavy atom. The van der Waals surface area contributed by atoms with Gasteiger partial charge in [0.05, 0.1) is 0 Å². The molecule has 1 aliphatic rings. The summed E-state index contributed by atoms with van der Waals surface area (Å²) in [5, 5.41) is 0. The van der Waals surface area contributed by atoms with Crippen LogP contribution in [0.1, 0.15) is 30.5 Å². The van der Waals surface area contributed by atoms with Crippen LogP contribution in [0.2, 0.25) is 0 Å². The Hall–Kier alpha value is -1.56. The van der Waals surface area contributed by atoms with Gasteiger partial charge in [0.25, 0.3) is 0 Å². The van der Waals surface area contributed by atoms with Crippen LogP contribution in [0.3, 0.4) is 0 Å². The van der Waals surface area contributed by atoms with Gasteiger partial charge in [-0.15, -0.1) is 0 Å². The topological polar surface area (TPSA) is 0 Å². The van der Waals surface area contributed by atoms with E-state index >= 15 is 0 Å². The maximum absolute atomic E-state index is 3.92. The molecule has 0 N–H and O–H groups in total. The number of fused-ring (bicyclic) bond motifs is 1. The third-order valence-corrected chi connectivity index (χ3v) is 3.23. The van der Waals surface area contributed by atoms with Crippen LogP contribution in [0, 0.1) is 0 Å². The van der Waals surface area contributed by atoms with Crippen molar-refractivity contribution in [2.45, 2.75) is 26.7 Å². The highest BCUT2D eigenvalue weighted by molar-refractivity contribution is 5.78. The van der Waals surface area contributed by atoms with Gasteiger partial charge >= 0.3 is 0 Å². The molecule has 0 heteroatoms. The summed E-state index contributed by atoms with van der Waals surface area (Å²) in [6.45, 7) is 8.10. The van der Waals surface area contributed by atoms with E-state index in [-0.39, 0.29) is 0 Å². The molecule has 1 aromatic rings. The van der Waals surface area contributed by atoms with Gasteiger partial charge in [-0.1, -0.05) is 43.0 Å². The minimum atomic E-state index is 1.23. The van der Waals surface area contributed by atoms with Crippen LogP contribution in [0.4, 0.5) is 0 Å². The fraction of sp³-hybridized carbons (Fsp3) is 0.250. The zero-order valence-corrected chi connectivity index (χ0v) is 10.1. The minimum absolute atomic E-state index is 1.23. The van der Waals surface area contributed by atoms with Gasteiger partial charge in [0, 0.05) is 0 Å². The second-order valence-corrected chi connectivity index (χ2v) is 4.28. The van der Waals surface area contributed by atoms with Crippen LogP contribution < -0.4 is 0 Å². The summed E-state index contributed by atoms with van der Waals surface area (Å²) in [6, 6.07) is 6.77. The van der Waals surface area contributed by atoms with Gasteiger partial charge in [0.1, 0.15) is 0 Å². The first kappa shape index (κ1) is 10.9. The molecule has 0 saturated carbocycles. The van der Waals surface area contributed by atoms with E-state index in [1.54, 1.807) is 0 Å². The first-order chi connectivity index (χ1) is 7.76. The lowest BCUT2D eigenvalue weighted by atomic mass is 9.85. The molecule has 82 valence electrons. The Morgan fingerprint density at radius 3 is 2.50 bits per heavy atom. The van der Waals surface area contributed by atoms with E-state index in [0.717, 1.165) is 0 Å². The van der Waals surface area contributed by atoms with Crippen LogP contribution in [0.5, 0.6) is 0 Å².